The number of para-hydroxylation sites is 1. The Morgan fingerprint density at radius 2 is 2.00 bits per heavy atom. The van der Waals surface area contributed by atoms with Crippen molar-refractivity contribution in [2.24, 2.45) is 0 Å². The first-order chi connectivity index (χ1) is 9.97. The summed E-state index contributed by atoms with van der Waals surface area (Å²) in [6.07, 6.45) is 0. The van der Waals surface area contributed by atoms with Crippen LogP contribution in [0.5, 0.6) is 0 Å². The van der Waals surface area contributed by atoms with Gasteiger partial charge in [-0.15, -0.1) is 0 Å². The van der Waals surface area contributed by atoms with Gasteiger partial charge in [0.2, 0.25) is 0 Å². The standard InChI is InChI=1S/C13H11F2N3O2S/c14-13(15)21-10-4-2-1-3-8(10)17-11-7(16)5-6-9(18-11)12(19)20/h1-6,13H,16H2,(H,17,18)(H,19,20). The summed E-state index contributed by atoms with van der Waals surface area (Å²) in [6.45, 7) is 0. The highest BCUT2D eigenvalue weighted by Crippen LogP contribution is 2.33. The van der Waals surface area contributed by atoms with E-state index in [2.05, 4.69) is 10.3 Å². The summed E-state index contributed by atoms with van der Waals surface area (Å²) in [6, 6.07) is 9.05. The molecular formula is C13H11F2N3O2S. The fourth-order valence-corrected chi connectivity index (χ4v) is 2.18. The molecule has 0 aliphatic heterocycles. The lowest BCUT2D eigenvalue weighted by Gasteiger charge is -2.12. The minimum absolute atomic E-state index is 0.109. The molecule has 8 heteroatoms. The Morgan fingerprint density at radius 1 is 1.29 bits per heavy atom. The largest absolute Gasteiger partial charge is 0.477 e. The summed E-state index contributed by atoms with van der Waals surface area (Å²) in [4.78, 5) is 15.1. The first-order valence-electron chi connectivity index (χ1n) is 5.78. The van der Waals surface area contributed by atoms with Crippen molar-refractivity contribution in [3.8, 4) is 0 Å². The molecular weight excluding hydrogens is 300 g/mol. The van der Waals surface area contributed by atoms with Crippen molar-refractivity contribution in [2.75, 3.05) is 11.1 Å². The number of rotatable bonds is 5. The Kier molecular flexibility index (Phi) is 4.59. The van der Waals surface area contributed by atoms with Crippen molar-refractivity contribution in [2.45, 2.75) is 10.7 Å². The second-order valence-electron chi connectivity index (χ2n) is 3.94. The predicted molar refractivity (Wildman–Crippen MR) is 77.2 cm³/mol. The van der Waals surface area contributed by atoms with Gasteiger partial charge in [-0.05, 0) is 24.3 Å². The zero-order valence-corrected chi connectivity index (χ0v) is 11.4. The Hall–Kier alpha value is -2.35. The van der Waals surface area contributed by atoms with E-state index in [1.54, 1.807) is 18.2 Å². The number of aromatic nitrogens is 1. The lowest BCUT2D eigenvalue weighted by Crippen LogP contribution is -2.06. The summed E-state index contributed by atoms with van der Waals surface area (Å²) < 4.78 is 25.0. The van der Waals surface area contributed by atoms with Gasteiger partial charge in [-0.2, -0.15) is 8.78 Å². The topological polar surface area (TPSA) is 88.2 Å². The summed E-state index contributed by atoms with van der Waals surface area (Å²) in [5.74, 6) is -3.66. The van der Waals surface area contributed by atoms with E-state index in [1.165, 1.54) is 18.2 Å². The molecule has 0 aliphatic rings. The van der Waals surface area contributed by atoms with Crippen LogP contribution in [-0.4, -0.2) is 21.8 Å². The van der Waals surface area contributed by atoms with E-state index in [4.69, 9.17) is 10.8 Å². The van der Waals surface area contributed by atoms with Crippen LogP contribution < -0.4 is 11.1 Å². The average molecular weight is 311 g/mol. The summed E-state index contributed by atoms with van der Waals surface area (Å²) in [7, 11) is 0. The Balaban J connectivity index is 2.34. The first kappa shape index (κ1) is 15.0. The highest BCUT2D eigenvalue weighted by Gasteiger charge is 2.13. The van der Waals surface area contributed by atoms with Crippen LogP contribution in [0.3, 0.4) is 0 Å². The van der Waals surface area contributed by atoms with Crippen molar-refractivity contribution < 1.29 is 18.7 Å². The number of hydrogen-bond donors (Lipinski definition) is 3. The maximum absolute atomic E-state index is 12.5. The number of carbonyl (C=O) groups is 1. The molecule has 0 spiro atoms. The number of alkyl halides is 2. The minimum Gasteiger partial charge on any atom is -0.477 e. The molecule has 0 saturated heterocycles. The number of anilines is 3. The number of halogens is 2. The monoisotopic (exact) mass is 311 g/mol. The van der Waals surface area contributed by atoms with E-state index in [-0.39, 0.29) is 17.2 Å². The van der Waals surface area contributed by atoms with Crippen LogP contribution in [0.25, 0.3) is 0 Å². The van der Waals surface area contributed by atoms with Crippen molar-refractivity contribution >= 4 is 34.9 Å². The van der Waals surface area contributed by atoms with Crippen LogP contribution in [0.2, 0.25) is 0 Å². The molecule has 0 fully saturated rings. The maximum atomic E-state index is 12.5. The normalized spacial score (nSPS) is 10.6. The van der Waals surface area contributed by atoms with E-state index >= 15 is 0 Å². The lowest BCUT2D eigenvalue weighted by atomic mass is 10.3. The van der Waals surface area contributed by atoms with Crippen molar-refractivity contribution in [3.63, 3.8) is 0 Å². The molecule has 1 aromatic heterocycles. The molecule has 0 aliphatic carbocycles. The fourth-order valence-electron chi connectivity index (χ4n) is 1.59. The number of carboxylic acids is 1. The minimum atomic E-state index is -2.57. The van der Waals surface area contributed by atoms with Gasteiger partial charge in [-0.25, -0.2) is 9.78 Å². The van der Waals surface area contributed by atoms with Gasteiger partial charge in [-0.1, -0.05) is 23.9 Å². The zero-order valence-electron chi connectivity index (χ0n) is 10.6. The molecule has 1 heterocycles. The number of nitrogens with two attached hydrogens (primary N) is 1. The van der Waals surface area contributed by atoms with Gasteiger partial charge in [0.25, 0.3) is 5.76 Å². The molecule has 2 rings (SSSR count). The second-order valence-corrected chi connectivity index (χ2v) is 4.97. The van der Waals surface area contributed by atoms with E-state index in [9.17, 15) is 13.6 Å². The van der Waals surface area contributed by atoms with E-state index in [0.29, 0.717) is 22.3 Å². The predicted octanol–water partition coefficient (Wildman–Crippen LogP) is 3.42. The van der Waals surface area contributed by atoms with Crippen LogP contribution in [0.1, 0.15) is 10.5 Å². The highest BCUT2D eigenvalue weighted by molar-refractivity contribution is 7.99. The molecule has 0 saturated carbocycles. The molecule has 110 valence electrons. The highest BCUT2D eigenvalue weighted by atomic mass is 32.2. The fraction of sp³-hybridized carbons (Fsp3) is 0.0769. The Labute approximate surface area is 123 Å². The van der Waals surface area contributed by atoms with Crippen LogP contribution in [0.15, 0.2) is 41.3 Å². The van der Waals surface area contributed by atoms with Crippen LogP contribution in [-0.2, 0) is 0 Å². The molecule has 0 bridgehead atoms. The van der Waals surface area contributed by atoms with Crippen molar-refractivity contribution in [1.82, 2.24) is 4.98 Å². The number of carboxylic acid groups (broad SMARTS) is 1. The molecule has 21 heavy (non-hydrogen) atoms. The SMILES string of the molecule is Nc1ccc(C(=O)O)nc1Nc1ccccc1SC(F)F. The maximum Gasteiger partial charge on any atom is 0.354 e. The van der Waals surface area contributed by atoms with Crippen LogP contribution in [0.4, 0.5) is 26.0 Å². The number of pyridine rings is 1. The van der Waals surface area contributed by atoms with Gasteiger partial charge in [-0.3, -0.25) is 0 Å². The van der Waals surface area contributed by atoms with Gasteiger partial charge in [0.15, 0.2) is 11.5 Å². The van der Waals surface area contributed by atoms with Gasteiger partial charge in [0.05, 0.1) is 11.4 Å². The third-order valence-corrected chi connectivity index (χ3v) is 3.29. The Morgan fingerprint density at radius 3 is 2.67 bits per heavy atom. The van der Waals surface area contributed by atoms with Gasteiger partial charge < -0.3 is 16.2 Å². The molecule has 0 amide bonds. The average Bonchev–Trinajstić information content (AvgIpc) is 2.42. The van der Waals surface area contributed by atoms with E-state index in [1.807, 2.05) is 0 Å². The van der Waals surface area contributed by atoms with E-state index < -0.39 is 11.7 Å². The molecule has 0 unspecified atom stereocenters. The number of aromatic carboxylic acids is 1. The number of thioether (sulfide) groups is 1. The summed E-state index contributed by atoms with van der Waals surface area (Å²) in [5, 5.41) is 11.7. The molecule has 0 radical (unpaired) electrons. The summed E-state index contributed by atoms with van der Waals surface area (Å²) in [5.41, 5.74) is 6.13. The quantitative estimate of drug-likeness (QED) is 0.733. The lowest BCUT2D eigenvalue weighted by molar-refractivity contribution is 0.0690. The second kappa shape index (κ2) is 6.40. The van der Waals surface area contributed by atoms with Crippen molar-refractivity contribution in [3.05, 3.63) is 42.1 Å². The van der Waals surface area contributed by atoms with Gasteiger partial charge >= 0.3 is 5.97 Å². The van der Waals surface area contributed by atoms with Gasteiger partial charge in [0, 0.05) is 4.90 Å². The number of nitrogen functional groups attached to an aromatic ring is 1. The Bertz CT molecular complexity index is 668. The smallest absolute Gasteiger partial charge is 0.354 e. The molecule has 2 aromatic rings. The molecule has 4 N–H and O–H groups in total. The van der Waals surface area contributed by atoms with Crippen LogP contribution in [0, 0.1) is 0 Å². The molecule has 0 atom stereocenters. The third kappa shape index (κ3) is 3.82. The zero-order chi connectivity index (χ0) is 15.4. The van der Waals surface area contributed by atoms with Gasteiger partial charge in [0.1, 0.15) is 0 Å². The first-order valence-corrected chi connectivity index (χ1v) is 6.66. The number of benzene rings is 1. The molecule has 1 aromatic carbocycles. The molecule has 5 nitrogen and oxygen atoms in total. The van der Waals surface area contributed by atoms with Crippen molar-refractivity contribution in [1.29, 1.82) is 0 Å². The number of nitrogens with zero attached hydrogens (tertiary/aromatic N) is 1. The summed E-state index contributed by atoms with van der Waals surface area (Å²) >= 11 is 0.380. The van der Waals surface area contributed by atoms with Crippen LogP contribution >= 0.6 is 11.8 Å². The van der Waals surface area contributed by atoms with E-state index in [0.717, 1.165) is 0 Å². The number of hydrogen-bond acceptors (Lipinski definition) is 5. The third-order valence-electron chi connectivity index (χ3n) is 2.50. The number of nitrogens with one attached hydrogen (secondary N) is 1.